The number of nitrogens with zero attached hydrogens (tertiary/aromatic N) is 2. The first kappa shape index (κ1) is 24.0. The predicted molar refractivity (Wildman–Crippen MR) is 130 cm³/mol. The standard InChI is InChI=1S/C25H31ClN2O4S/c1-31-14-13-27(25(30)18-4-2-3-5-18)16-24(29)28-12-10-23-21(11-15-33-23)22(28)17-32-20-8-6-19(26)7-9-20/h6-9,11,15,18,22H,2-5,10,12-14,16-17H2,1H3/t22-/m1/s1. The van der Waals surface area contributed by atoms with Gasteiger partial charge < -0.3 is 19.3 Å². The van der Waals surface area contributed by atoms with Gasteiger partial charge in [-0.05, 0) is 60.5 Å². The third kappa shape index (κ3) is 5.89. The minimum Gasteiger partial charge on any atom is -0.491 e. The van der Waals surface area contributed by atoms with Crippen molar-refractivity contribution in [2.45, 2.75) is 38.1 Å². The van der Waals surface area contributed by atoms with Crippen LogP contribution in [0, 0.1) is 5.92 Å². The molecule has 4 rings (SSSR count). The summed E-state index contributed by atoms with van der Waals surface area (Å²) >= 11 is 7.71. The van der Waals surface area contributed by atoms with E-state index >= 15 is 0 Å². The normalized spacial score (nSPS) is 18.2. The number of fused-ring (bicyclic) bond motifs is 1. The van der Waals surface area contributed by atoms with Crippen LogP contribution in [0.15, 0.2) is 35.7 Å². The Kier molecular flexibility index (Phi) is 8.28. The van der Waals surface area contributed by atoms with Gasteiger partial charge in [-0.2, -0.15) is 0 Å². The molecule has 2 amide bonds. The molecule has 1 saturated carbocycles. The fourth-order valence-electron chi connectivity index (χ4n) is 4.73. The number of amides is 2. The van der Waals surface area contributed by atoms with Crippen LogP contribution in [-0.4, -0.2) is 61.6 Å². The molecule has 0 bridgehead atoms. The maximum atomic E-state index is 13.5. The number of thiophene rings is 1. The van der Waals surface area contributed by atoms with Crippen molar-refractivity contribution in [2.24, 2.45) is 5.92 Å². The van der Waals surface area contributed by atoms with E-state index in [2.05, 4.69) is 11.4 Å². The van der Waals surface area contributed by atoms with Crippen LogP contribution in [0.3, 0.4) is 0 Å². The summed E-state index contributed by atoms with van der Waals surface area (Å²) in [5, 5.41) is 2.72. The third-order valence-electron chi connectivity index (χ3n) is 6.54. The van der Waals surface area contributed by atoms with Gasteiger partial charge in [0.2, 0.25) is 11.8 Å². The first-order chi connectivity index (χ1) is 16.1. The number of carbonyl (C=O) groups is 2. The average Bonchev–Trinajstić information content (AvgIpc) is 3.53. The highest BCUT2D eigenvalue weighted by Crippen LogP contribution is 2.34. The van der Waals surface area contributed by atoms with Crippen LogP contribution >= 0.6 is 22.9 Å². The lowest BCUT2D eigenvalue weighted by Gasteiger charge is -2.37. The maximum Gasteiger partial charge on any atom is 0.242 e. The third-order valence-corrected chi connectivity index (χ3v) is 7.79. The molecule has 1 aromatic carbocycles. The van der Waals surface area contributed by atoms with Crippen LogP contribution in [0.2, 0.25) is 5.02 Å². The predicted octanol–water partition coefficient (Wildman–Crippen LogP) is 4.57. The van der Waals surface area contributed by atoms with E-state index in [1.165, 1.54) is 4.88 Å². The summed E-state index contributed by atoms with van der Waals surface area (Å²) in [6.45, 7) is 1.91. The zero-order chi connectivity index (χ0) is 23.2. The monoisotopic (exact) mass is 490 g/mol. The van der Waals surface area contributed by atoms with Crippen LogP contribution in [0.25, 0.3) is 0 Å². The maximum absolute atomic E-state index is 13.5. The van der Waals surface area contributed by atoms with Crippen molar-refractivity contribution < 1.29 is 19.1 Å². The number of rotatable bonds is 9. The van der Waals surface area contributed by atoms with Gasteiger partial charge in [0, 0.05) is 36.0 Å². The molecule has 0 unspecified atom stereocenters. The summed E-state index contributed by atoms with van der Waals surface area (Å²) in [6.07, 6.45) is 4.82. The minimum absolute atomic E-state index is 0.0310. The van der Waals surface area contributed by atoms with Crippen LogP contribution in [-0.2, 0) is 20.7 Å². The summed E-state index contributed by atoms with van der Waals surface area (Å²) in [5.41, 5.74) is 1.14. The molecule has 2 aromatic rings. The van der Waals surface area contributed by atoms with E-state index < -0.39 is 0 Å². The Morgan fingerprint density at radius 2 is 1.94 bits per heavy atom. The van der Waals surface area contributed by atoms with Crippen molar-refractivity contribution >= 4 is 34.8 Å². The van der Waals surface area contributed by atoms with Gasteiger partial charge in [-0.25, -0.2) is 0 Å². The lowest BCUT2D eigenvalue weighted by molar-refractivity contribution is -0.145. The van der Waals surface area contributed by atoms with Gasteiger partial charge >= 0.3 is 0 Å². The van der Waals surface area contributed by atoms with Gasteiger partial charge in [-0.1, -0.05) is 24.4 Å². The summed E-state index contributed by atoms with van der Waals surface area (Å²) in [6, 6.07) is 9.14. The zero-order valence-electron chi connectivity index (χ0n) is 19.0. The zero-order valence-corrected chi connectivity index (χ0v) is 20.6. The van der Waals surface area contributed by atoms with Crippen LogP contribution in [0.1, 0.15) is 42.2 Å². The Bertz CT molecular complexity index is 942. The highest BCUT2D eigenvalue weighted by molar-refractivity contribution is 7.10. The summed E-state index contributed by atoms with van der Waals surface area (Å²) in [5.74, 6) is 0.787. The molecule has 1 fully saturated rings. The molecule has 2 aliphatic rings. The van der Waals surface area contributed by atoms with Crippen LogP contribution in [0.5, 0.6) is 5.75 Å². The van der Waals surface area contributed by atoms with E-state index in [0.717, 1.165) is 37.7 Å². The van der Waals surface area contributed by atoms with Crippen molar-refractivity contribution in [3.05, 3.63) is 51.2 Å². The van der Waals surface area contributed by atoms with E-state index in [-0.39, 0.29) is 30.3 Å². The van der Waals surface area contributed by atoms with Crippen molar-refractivity contribution in [3.8, 4) is 5.75 Å². The number of ether oxygens (including phenoxy) is 2. The molecule has 1 aliphatic heterocycles. The Balaban J connectivity index is 1.48. The van der Waals surface area contributed by atoms with Crippen molar-refractivity contribution in [3.63, 3.8) is 0 Å². The number of hydrogen-bond acceptors (Lipinski definition) is 5. The molecule has 33 heavy (non-hydrogen) atoms. The number of halogens is 1. The van der Waals surface area contributed by atoms with Crippen molar-refractivity contribution in [2.75, 3.05) is 40.0 Å². The largest absolute Gasteiger partial charge is 0.491 e. The number of methoxy groups -OCH3 is 1. The average molecular weight is 491 g/mol. The topological polar surface area (TPSA) is 59.1 Å². The molecule has 0 spiro atoms. The summed E-state index contributed by atoms with van der Waals surface area (Å²) in [4.78, 5) is 31.5. The quantitative estimate of drug-likeness (QED) is 0.516. The van der Waals surface area contributed by atoms with Gasteiger partial charge in [0.1, 0.15) is 12.4 Å². The van der Waals surface area contributed by atoms with Gasteiger partial charge in [-0.15, -0.1) is 11.3 Å². The smallest absolute Gasteiger partial charge is 0.242 e. The molecule has 0 N–H and O–H groups in total. The highest BCUT2D eigenvalue weighted by atomic mass is 35.5. The lowest BCUT2D eigenvalue weighted by Crippen LogP contribution is -2.49. The number of hydrogen-bond donors (Lipinski definition) is 0. The Labute approximate surface area is 204 Å². The van der Waals surface area contributed by atoms with Gasteiger partial charge in [0.15, 0.2) is 0 Å². The molecule has 2 heterocycles. The van der Waals surface area contributed by atoms with Crippen molar-refractivity contribution in [1.82, 2.24) is 9.80 Å². The molecule has 1 aromatic heterocycles. The molecular weight excluding hydrogens is 460 g/mol. The fourth-order valence-corrected chi connectivity index (χ4v) is 5.79. The minimum atomic E-state index is -0.186. The van der Waals surface area contributed by atoms with Crippen LogP contribution in [0.4, 0.5) is 0 Å². The molecule has 1 atom stereocenters. The van der Waals surface area contributed by atoms with Crippen molar-refractivity contribution in [1.29, 1.82) is 0 Å². The van der Waals surface area contributed by atoms with E-state index in [4.69, 9.17) is 21.1 Å². The van der Waals surface area contributed by atoms with Gasteiger partial charge in [-0.3, -0.25) is 9.59 Å². The molecule has 178 valence electrons. The molecule has 0 saturated heterocycles. The van der Waals surface area contributed by atoms with E-state index in [1.807, 2.05) is 17.0 Å². The molecule has 1 aliphatic carbocycles. The number of carbonyl (C=O) groups excluding carboxylic acids is 2. The Hall–Kier alpha value is -2.09. The molecule has 6 nitrogen and oxygen atoms in total. The van der Waals surface area contributed by atoms with E-state index in [1.54, 1.807) is 35.5 Å². The first-order valence-electron chi connectivity index (χ1n) is 11.6. The lowest BCUT2D eigenvalue weighted by atomic mass is 10.00. The van der Waals surface area contributed by atoms with E-state index in [0.29, 0.717) is 37.1 Å². The Morgan fingerprint density at radius 1 is 1.18 bits per heavy atom. The van der Waals surface area contributed by atoms with Gasteiger partial charge in [0.25, 0.3) is 0 Å². The van der Waals surface area contributed by atoms with Gasteiger partial charge in [0.05, 0.1) is 19.2 Å². The molecule has 0 radical (unpaired) electrons. The number of benzene rings is 1. The molecular formula is C25H31ClN2O4S. The summed E-state index contributed by atoms with van der Waals surface area (Å²) in [7, 11) is 1.62. The second-order valence-corrected chi connectivity index (χ2v) is 10.1. The Morgan fingerprint density at radius 3 is 2.67 bits per heavy atom. The SMILES string of the molecule is COCCN(CC(=O)N1CCc2sccc2[C@H]1COc1ccc(Cl)cc1)C(=O)C1CCCC1. The second-order valence-electron chi connectivity index (χ2n) is 8.65. The highest BCUT2D eigenvalue weighted by Gasteiger charge is 2.35. The summed E-state index contributed by atoms with van der Waals surface area (Å²) < 4.78 is 11.3. The molecule has 8 heteroatoms. The fraction of sp³-hybridized carbons (Fsp3) is 0.520. The second kappa shape index (κ2) is 11.4. The first-order valence-corrected chi connectivity index (χ1v) is 12.8. The van der Waals surface area contributed by atoms with Crippen LogP contribution < -0.4 is 4.74 Å². The van der Waals surface area contributed by atoms with E-state index in [9.17, 15) is 9.59 Å².